The highest BCUT2D eigenvalue weighted by Gasteiger charge is 2.39. The minimum atomic E-state index is -0.179. The summed E-state index contributed by atoms with van der Waals surface area (Å²) in [7, 11) is 1.69. The van der Waals surface area contributed by atoms with E-state index >= 15 is 0 Å². The summed E-state index contributed by atoms with van der Waals surface area (Å²) in [5, 5.41) is 2.85. The molecule has 2 aliphatic rings. The van der Waals surface area contributed by atoms with Crippen molar-refractivity contribution in [2.75, 3.05) is 7.11 Å². The van der Waals surface area contributed by atoms with Crippen LogP contribution in [0.2, 0.25) is 0 Å². The highest BCUT2D eigenvalue weighted by molar-refractivity contribution is 6.07. The summed E-state index contributed by atoms with van der Waals surface area (Å²) in [6.45, 7) is 2.06. The van der Waals surface area contributed by atoms with E-state index in [0.29, 0.717) is 5.92 Å². The SMILES string of the molecule is CCCC1N=C(C(OC)C2CC2)NC1=O. The van der Waals surface area contributed by atoms with E-state index in [4.69, 9.17) is 4.74 Å². The predicted octanol–water partition coefficient (Wildman–Crippen LogP) is 1.11. The van der Waals surface area contributed by atoms with Crippen molar-refractivity contribution in [2.45, 2.75) is 44.8 Å². The molecule has 2 atom stereocenters. The number of methoxy groups -OCH3 is 1. The molecule has 4 nitrogen and oxygen atoms in total. The van der Waals surface area contributed by atoms with Gasteiger partial charge in [0.1, 0.15) is 18.0 Å². The number of hydrogen-bond donors (Lipinski definition) is 1. The molecule has 2 unspecified atom stereocenters. The van der Waals surface area contributed by atoms with Crippen LogP contribution in [0.1, 0.15) is 32.6 Å². The molecule has 1 N–H and O–H groups in total. The third kappa shape index (κ3) is 2.20. The van der Waals surface area contributed by atoms with Gasteiger partial charge in [0.25, 0.3) is 0 Å². The smallest absolute Gasteiger partial charge is 0.250 e. The van der Waals surface area contributed by atoms with E-state index in [0.717, 1.165) is 18.7 Å². The molecule has 0 spiro atoms. The Bertz CT molecular complexity index is 284. The molecular weight excluding hydrogens is 192 g/mol. The lowest BCUT2D eigenvalue weighted by molar-refractivity contribution is -0.120. The van der Waals surface area contributed by atoms with Crippen molar-refractivity contribution in [3.8, 4) is 0 Å². The summed E-state index contributed by atoms with van der Waals surface area (Å²) in [4.78, 5) is 16.0. The molecule has 1 amide bonds. The first-order valence-electron chi connectivity index (χ1n) is 5.67. The largest absolute Gasteiger partial charge is 0.373 e. The average Bonchev–Trinajstić information content (AvgIpc) is 2.96. The van der Waals surface area contributed by atoms with Gasteiger partial charge in [-0.05, 0) is 25.2 Å². The van der Waals surface area contributed by atoms with E-state index in [-0.39, 0.29) is 18.1 Å². The molecule has 0 aromatic rings. The second-order valence-electron chi connectivity index (χ2n) is 4.30. The Morgan fingerprint density at radius 3 is 2.87 bits per heavy atom. The molecule has 1 aliphatic carbocycles. The lowest BCUT2D eigenvalue weighted by Gasteiger charge is -2.13. The van der Waals surface area contributed by atoms with E-state index in [1.807, 2.05) is 0 Å². The summed E-state index contributed by atoms with van der Waals surface area (Å²) in [5.74, 6) is 1.35. The molecule has 4 heteroatoms. The molecule has 1 heterocycles. The summed E-state index contributed by atoms with van der Waals surface area (Å²) < 4.78 is 5.39. The molecule has 2 rings (SSSR count). The molecule has 0 radical (unpaired) electrons. The third-order valence-corrected chi connectivity index (χ3v) is 2.98. The summed E-state index contributed by atoms with van der Waals surface area (Å²) in [6.07, 6.45) is 4.19. The average molecular weight is 210 g/mol. The maximum atomic E-state index is 11.6. The van der Waals surface area contributed by atoms with Gasteiger partial charge < -0.3 is 10.1 Å². The van der Waals surface area contributed by atoms with Crippen LogP contribution in [0.4, 0.5) is 0 Å². The number of hydrogen-bond acceptors (Lipinski definition) is 3. The Balaban J connectivity index is 2.02. The zero-order valence-corrected chi connectivity index (χ0v) is 9.32. The molecule has 1 fully saturated rings. The molecule has 0 aromatic heterocycles. The highest BCUT2D eigenvalue weighted by Crippen LogP contribution is 2.35. The van der Waals surface area contributed by atoms with Crippen LogP contribution in [0.25, 0.3) is 0 Å². The summed E-state index contributed by atoms with van der Waals surface area (Å²) >= 11 is 0. The van der Waals surface area contributed by atoms with Gasteiger partial charge in [-0.25, -0.2) is 0 Å². The van der Waals surface area contributed by atoms with Crippen LogP contribution in [-0.2, 0) is 9.53 Å². The number of nitrogens with zero attached hydrogens (tertiary/aromatic N) is 1. The van der Waals surface area contributed by atoms with E-state index in [9.17, 15) is 4.79 Å². The zero-order valence-electron chi connectivity index (χ0n) is 9.32. The normalized spacial score (nSPS) is 27.5. The van der Waals surface area contributed by atoms with Gasteiger partial charge in [-0.1, -0.05) is 13.3 Å². The number of carbonyl (C=O) groups excluding carboxylic acids is 1. The molecule has 1 aliphatic heterocycles. The Kier molecular flexibility index (Phi) is 3.05. The van der Waals surface area contributed by atoms with Gasteiger partial charge in [0.15, 0.2) is 0 Å². The molecule has 0 aromatic carbocycles. The van der Waals surface area contributed by atoms with Gasteiger partial charge in [-0.15, -0.1) is 0 Å². The molecule has 1 saturated carbocycles. The van der Waals surface area contributed by atoms with Gasteiger partial charge in [-0.2, -0.15) is 0 Å². The van der Waals surface area contributed by atoms with Crippen LogP contribution < -0.4 is 5.32 Å². The van der Waals surface area contributed by atoms with Crippen molar-refractivity contribution < 1.29 is 9.53 Å². The summed E-state index contributed by atoms with van der Waals surface area (Å²) in [6, 6.07) is -0.179. The van der Waals surface area contributed by atoms with Crippen LogP contribution in [0, 0.1) is 5.92 Å². The van der Waals surface area contributed by atoms with Crippen LogP contribution in [0.3, 0.4) is 0 Å². The first kappa shape index (κ1) is 10.6. The number of aliphatic imine (C=N–C) groups is 1. The van der Waals surface area contributed by atoms with E-state index in [1.165, 1.54) is 12.8 Å². The van der Waals surface area contributed by atoms with Crippen molar-refractivity contribution in [1.29, 1.82) is 0 Å². The molecule has 0 bridgehead atoms. The number of nitrogens with one attached hydrogen (secondary N) is 1. The predicted molar refractivity (Wildman–Crippen MR) is 57.8 cm³/mol. The van der Waals surface area contributed by atoms with E-state index in [1.54, 1.807) is 7.11 Å². The molecule has 15 heavy (non-hydrogen) atoms. The van der Waals surface area contributed by atoms with Gasteiger partial charge >= 0.3 is 0 Å². The lowest BCUT2D eigenvalue weighted by atomic mass is 10.2. The standard InChI is InChI=1S/C11H18N2O2/c1-3-4-8-11(14)13-10(12-8)9(15-2)7-5-6-7/h7-9H,3-6H2,1-2H3,(H,12,13,14). The fraction of sp³-hybridized carbons (Fsp3) is 0.818. The van der Waals surface area contributed by atoms with Gasteiger partial charge in [0.2, 0.25) is 5.91 Å². The van der Waals surface area contributed by atoms with E-state index in [2.05, 4.69) is 17.2 Å². The van der Waals surface area contributed by atoms with Gasteiger partial charge in [0.05, 0.1) is 0 Å². The second kappa shape index (κ2) is 4.31. The van der Waals surface area contributed by atoms with Crippen LogP contribution in [0.5, 0.6) is 0 Å². The maximum Gasteiger partial charge on any atom is 0.250 e. The molecule has 0 saturated heterocycles. The van der Waals surface area contributed by atoms with Gasteiger partial charge in [-0.3, -0.25) is 9.79 Å². The minimum absolute atomic E-state index is 0.0100. The Hall–Kier alpha value is -0.900. The topological polar surface area (TPSA) is 50.7 Å². The number of amides is 1. The van der Waals surface area contributed by atoms with E-state index < -0.39 is 0 Å². The Labute approximate surface area is 90.1 Å². The van der Waals surface area contributed by atoms with Crippen LogP contribution >= 0.6 is 0 Å². The van der Waals surface area contributed by atoms with Gasteiger partial charge in [0, 0.05) is 7.11 Å². The minimum Gasteiger partial charge on any atom is -0.373 e. The quantitative estimate of drug-likeness (QED) is 0.739. The van der Waals surface area contributed by atoms with Crippen molar-refractivity contribution >= 4 is 11.7 Å². The van der Waals surface area contributed by atoms with Crippen molar-refractivity contribution in [2.24, 2.45) is 10.9 Å². The van der Waals surface area contributed by atoms with Crippen LogP contribution in [0.15, 0.2) is 4.99 Å². The second-order valence-corrected chi connectivity index (χ2v) is 4.30. The first-order valence-corrected chi connectivity index (χ1v) is 5.67. The maximum absolute atomic E-state index is 11.6. The number of carbonyl (C=O) groups is 1. The number of amidine groups is 1. The zero-order chi connectivity index (χ0) is 10.8. The fourth-order valence-electron chi connectivity index (χ4n) is 2.01. The monoisotopic (exact) mass is 210 g/mol. The first-order chi connectivity index (χ1) is 7.26. The van der Waals surface area contributed by atoms with Crippen molar-refractivity contribution in [1.82, 2.24) is 5.32 Å². The Morgan fingerprint density at radius 1 is 1.60 bits per heavy atom. The molecular formula is C11H18N2O2. The fourth-order valence-corrected chi connectivity index (χ4v) is 2.01. The van der Waals surface area contributed by atoms with Crippen molar-refractivity contribution in [3.63, 3.8) is 0 Å². The highest BCUT2D eigenvalue weighted by atomic mass is 16.5. The lowest BCUT2D eigenvalue weighted by Crippen LogP contribution is -2.37. The summed E-state index contributed by atoms with van der Waals surface area (Å²) in [5.41, 5.74) is 0. The third-order valence-electron chi connectivity index (χ3n) is 2.98. The van der Waals surface area contributed by atoms with Crippen molar-refractivity contribution in [3.05, 3.63) is 0 Å². The number of ether oxygens (including phenoxy) is 1. The Morgan fingerprint density at radius 2 is 2.33 bits per heavy atom. The molecule has 84 valence electrons. The van der Waals surface area contributed by atoms with Crippen LogP contribution in [-0.4, -0.2) is 31.0 Å². The number of rotatable bonds is 5.